The fourth-order valence-electron chi connectivity index (χ4n) is 2.44. The molecule has 134 valence electrons. The van der Waals surface area contributed by atoms with Crippen LogP contribution in [0.3, 0.4) is 0 Å². The van der Waals surface area contributed by atoms with Crippen molar-refractivity contribution in [2.75, 3.05) is 11.1 Å². The van der Waals surface area contributed by atoms with Crippen molar-refractivity contribution in [3.8, 4) is 0 Å². The van der Waals surface area contributed by atoms with Gasteiger partial charge in [-0.05, 0) is 47.5 Å². The van der Waals surface area contributed by atoms with Crippen LogP contribution in [-0.2, 0) is 23.1 Å². The van der Waals surface area contributed by atoms with Gasteiger partial charge in [0.1, 0.15) is 0 Å². The molecule has 0 saturated carbocycles. The highest BCUT2D eigenvalue weighted by atomic mass is 32.2. The van der Waals surface area contributed by atoms with Gasteiger partial charge in [0.15, 0.2) is 0 Å². The van der Waals surface area contributed by atoms with Gasteiger partial charge in [-0.3, -0.25) is 4.98 Å². The molecule has 0 radical (unpaired) electrons. The van der Waals surface area contributed by atoms with Crippen molar-refractivity contribution in [2.24, 2.45) is 0 Å². The molecule has 1 aromatic heterocycles. The van der Waals surface area contributed by atoms with Gasteiger partial charge in [-0.15, -0.1) is 0 Å². The first-order valence-corrected chi connectivity index (χ1v) is 9.59. The number of nitrogens with one attached hydrogen (secondary N) is 2. The quantitative estimate of drug-likeness (QED) is 0.557. The molecular weight excluding hydrogens is 348 g/mol. The Morgan fingerprint density at radius 1 is 0.885 bits per heavy atom. The lowest BCUT2D eigenvalue weighted by Crippen LogP contribution is -2.23. The van der Waals surface area contributed by atoms with E-state index in [1.807, 2.05) is 24.3 Å². The van der Waals surface area contributed by atoms with Gasteiger partial charge in [0, 0.05) is 25.5 Å². The standard InChI is InChI=1S/C19H20N4O2S/c20-18-12-16(14-23-26(24,25)17-4-2-1-3-5-17)6-7-19(18)22-13-15-8-10-21-11-9-15/h1-12,22-23H,13-14,20H2. The Balaban J connectivity index is 1.62. The van der Waals surface area contributed by atoms with E-state index in [-0.39, 0.29) is 11.4 Å². The molecule has 26 heavy (non-hydrogen) atoms. The third-order valence-electron chi connectivity index (χ3n) is 3.87. The van der Waals surface area contributed by atoms with Gasteiger partial charge >= 0.3 is 0 Å². The van der Waals surface area contributed by atoms with Crippen molar-refractivity contribution >= 4 is 21.4 Å². The first-order chi connectivity index (χ1) is 12.5. The second-order valence-electron chi connectivity index (χ2n) is 5.77. The Labute approximate surface area is 153 Å². The number of rotatable bonds is 7. The number of hydrogen-bond donors (Lipinski definition) is 3. The Bertz CT molecular complexity index is 961. The summed E-state index contributed by atoms with van der Waals surface area (Å²) in [5.41, 5.74) is 9.34. The third-order valence-corrected chi connectivity index (χ3v) is 5.29. The molecule has 0 unspecified atom stereocenters. The van der Waals surface area contributed by atoms with Crippen LogP contribution in [0.25, 0.3) is 0 Å². The summed E-state index contributed by atoms with van der Waals surface area (Å²) in [6.07, 6.45) is 3.48. The highest BCUT2D eigenvalue weighted by Gasteiger charge is 2.13. The zero-order valence-electron chi connectivity index (χ0n) is 14.1. The summed E-state index contributed by atoms with van der Waals surface area (Å²) < 4.78 is 27.1. The molecule has 1 heterocycles. The molecule has 2 aromatic carbocycles. The van der Waals surface area contributed by atoms with E-state index in [9.17, 15) is 8.42 Å². The van der Waals surface area contributed by atoms with E-state index in [0.29, 0.717) is 12.2 Å². The van der Waals surface area contributed by atoms with Crippen LogP contribution in [0, 0.1) is 0 Å². The largest absolute Gasteiger partial charge is 0.397 e. The Hall–Kier alpha value is -2.90. The van der Waals surface area contributed by atoms with Gasteiger partial charge in [-0.1, -0.05) is 24.3 Å². The van der Waals surface area contributed by atoms with Crippen molar-refractivity contribution in [1.29, 1.82) is 0 Å². The summed E-state index contributed by atoms with van der Waals surface area (Å²) in [5.74, 6) is 0. The van der Waals surface area contributed by atoms with Crippen molar-refractivity contribution in [2.45, 2.75) is 18.0 Å². The SMILES string of the molecule is Nc1cc(CNS(=O)(=O)c2ccccc2)ccc1NCc1ccncc1. The minimum Gasteiger partial charge on any atom is -0.397 e. The highest BCUT2D eigenvalue weighted by Crippen LogP contribution is 2.21. The normalized spacial score (nSPS) is 11.2. The number of sulfonamides is 1. The Kier molecular flexibility index (Phi) is 5.50. The number of pyridine rings is 1. The molecule has 0 bridgehead atoms. The lowest BCUT2D eigenvalue weighted by molar-refractivity contribution is 0.581. The second kappa shape index (κ2) is 7.99. The van der Waals surface area contributed by atoms with Gasteiger partial charge in [0.2, 0.25) is 10.0 Å². The number of nitrogens with two attached hydrogens (primary N) is 1. The van der Waals surface area contributed by atoms with E-state index in [1.54, 1.807) is 48.8 Å². The summed E-state index contributed by atoms with van der Waals surface area (Å²) in [5, 5.41) is 3.26. The van der Waals surface area contributed by atoms with Crippen LogP contribution in [0.1, 0.15) is 11.1 Å². The van der Waals surface area contributed by atoms with Crippen LogP contribution in [0.4, 0.5) is 11.4 Å². The van der Waals surface area contributed by atoms with Crippen LogP contribution < -0.4 is 15.8 Å². The minimum absolute atomic E-state index is 0.173. The molecule has 0 spiro atoms. The Morgan fingerprint density at radius 3 is 2.31 bits per heavy atom. The summed E-state index contributed by atoms with van der Waals surface area (Å²) >= 11 is 0. The van der Waals surface area contributed by atoms with E-state index < -0.39 is 10.0 Å². The maximum absolute atomic E-state index is 12.3. The molecule has 0 amide bonds. The lowest BCUT2D eigenvalue weighted by Gasteiger charge is -2.12. The van der Waals surface area contributed by atoms with Crippen LogP contribution in [0.2, 0.25) is 0 Å². The number of nitrogens with zero attached hydrogens (tertiary/aromatic N) is 1. The average molecular weight is 368 g/mol. The average Bonchev–Trinajstić information content (AvgIpc) is 2.67. The highest BCUT2D eigenvalue weighted by molar-refractivity contribution is 7.89. The zero-order chi connectivity index (χ0) is 18.4. The topological polar surface area (TPSA) is 97.1 Å². The fourth-order valence-corrected chi connectivity index (χ4v) is 3.48. The number of nitrogen functional groups attached to an aromatic ring is 1. The van der Waals surface area contributed by atoms with Gasteiger partial charge in [-0.2, -0.15) is 0 Å². The van der Waals surface area contributed by atoms with Crippen LogP contribution in [0.5, 0.6) is 0 Å². The van der Waals surface area contributed by atoms with Crippen LogP contribution in [0.15, 0.2) is 78.0 Å². The number of anilines is 2. The number of benzene rings is 2. The van der Waals surface area contributed by atoms with Crippen molar-refractivity contribution < 1.29 is 8.42 Å². The van der Waals surface area contributed by atoms with E-state index in [4.69, 9.17) is 5.73 Å². The van der Waals surface area contributed by atoms with E-state index in [1.165, 1.54) is 0 Å². The molecule has 3 aromatic rings. The molecule has 0 fully saturated rings. The van der Waals surface area contributed by atoms with Gasteiger partial charge in [-0.25, -0.2) is 13.1 Å². The minimum atomic E-state index is -3.54. The number of hydrogen-bond acceptors (Lipinski definition) is 5. The first kappa shape index (κ1) is 17.9. The summed E-state index contributed by atoms with van der Waals surface area (Å²) in [6, 6.07) is 17.6. The third kappa shape index (κ3) is 4.59. The van der Waals surface area contributed by atoms with Gasteiger partial charge in [0.25, 0.3) is 0 Å². The molecular formula is C19H20N4O2S. The number of aromatic nitrogens is 1. The molecule has 0 atom stereocenters. The predicted octanol–water partition coefficient (Wildman–Crippen LogP) is 2.75. The molecule has 0 saturated heterocycles. The molecule has 4 N–H and O–H groups in total. The first-order valence-electron chi connectivity index (χ1n) is 8.10. The van der Waals surface area contributed by atoms with Crippen molar-refractivity contribution in [1.82, 2.24) is 9.71 Å². The van der Waals surface area contributed by atoms with Crippen LogP contribution >= 0.6 is 0 Å². The monoisotopic (exact) mass is 368 g/mol. The van der Waals surface area contributed by atoms with Crippen molar-refractivity contribution in [3.63, 3.8) is 0 Å². The molecule has 0 aliphatic carbocycles. The molecule has 0 aliphatic heterocycles. The fraction of sp³-hybridized carbons (Fsp3) is 0.105. The molecule has 3 rings (SSSR count). The Morgan fingerprint density at radius 2 is 1.62 bits per heavy atom. The van der Waals surface area contributed by atoms with Crippen LogP contribution in [-0.4, -0.2) is 13.4 Å². The van der Waals surface area contributed by atoms with Gasteiger partial charge < -0.3 is 11.1 Å². The molecule has 6 nitrogen and oxygen atoms in total. The lowest BCUT2D eigenvalue weighted by atomic mass is 10.1. The summed E-state index contributed by atoms with van der Waals surface area (Å²) in [7, 11) is -3.54. The summed E-state index contributed by atoms with van der Waals surface area (Å²) in [4.78, 5) is 4.22. The molecule has 0 aliphatic rings. The smallest absolute Gasteiger partial charge is 0.240 e. The molecule has 7 heteroatoms. The van der Waals surface area contributed by atoms with E-state index in [2.05, 4.69) is 15.0 Å². The van der Waals surface area contributed by atoms with E-state index >= 15 is 0 Å². The summed E-state index contributed by atoms with van der Waals surface area (Å²) in [6.45, 7) is 0.804. The zero-order valence-corrected chi connectivity index (χ0v) is 14.9. The maximum Gasteiger partial charge on any atom is 0.240 e. The maximum atomic E-state index is 12.3. The van der Waals surface area contributed by atoms with E-state index in [0.717, 1.165) is 16.8 Å². The van der Waals surface area contributed by atoms with Gasteiger partial charge in [0.05, 0.1) is 16.3 Å². The second-order valence-corrected chi connectivity index (χ2v) is 7.54. The van der Waals surface area contributed by atoms with Crippen molar-refractivity contribution in [3.05, 3.63) is 84.2 Å². The predicted molar refractivity (Wildman–Crippen MR) is 103 cm³/mol.